The largest absolute Gasteiger partial charge is 0.309 e. The van der Waals surface area contributed by atoms with Crippen LogP contribution in [-0.2, 0) is 0 Å². The molecule has 0 aromatic carbocycles. The molecule has 0 amide bonds. The van der Waals surface area contributed by atoms with Crippen LogP contribution in [0.3, 0.4) is 0 Å². The number of hydrogen-bond donors (Lipinski definition) is 1. The summed E-state index contributed by atoms with van der Waals surface area (Å²) in [5.74, 6) is 0. The SMILES string of the molecule is CCNC(c1ccc(C)s1)C(C)(C)C. The van der Waals surface area contributed by atoms with Gasteiger partial charge in [-0.15, -0.1) is 11.3 Å². The Hall–Kier alpha value is -0.340. The third-order valence-electron chi connectivity index (χ3n) is 2.32. The van der Waals surface area contributed by atoms with Crippen LogP contribution in [0.5, 0.6) is 0 Å². The monoisotopic (exact) mass is 211 g/mol. The van der Waals surface area contributed by atoms with Gasteiger partial charge < -0.3 is 5.32 Å². The van der Waals surface area contributed by atoms with Gasteiger partial charge in [0.2, 0.25) is 0 Å². The van der Waals surface area contributed by atoms with Gasteiger partial charge in [-0.05, 0) is 31.0 Å². The fraction of sp³-hybridized carbons (Fsp3) is 0.667. The summed E-state index contributed by atoms with van der Waals surface area (Å²) in [6.45, 7) is 12.2. The molecule has 1 atom stereocenters. The van der Waals surface area contributed by atoms with Gasteiger partial charge in [-0.3, -0.25) is 0 Å². The molecule has 0 aliphatic carbocycles. The normalized spacial score (nSPS) is 14.4. The van der Waals surface area contributed by atoms with Crippen LogP contribution in [0.1, 0.15) is 43.5 Å². The summed E-state index contributed by atoms with van der Waals surface area (Å²) in [4.78, 5) is 2.85. The highest BCUT2D eigenvalue weighted by Gasteiger charge is 2.26. The molecule has 1 aromatic heterocycles. The van der Waals surface area contributed by atoms with Crippen LogP contribution in [0.2, 0.25) is 0 Å². The standard InChI is InChI=1S/C12H21NS/c1-6-13-11(12(3,4)5)10-8-7-9(2)14-10/h7-8,11,13H,6H2,1-5H3. The smallest absolute Gasteiger partial charge is 0.0464 e. The molecule has 0 saturated heterocycles. The molecule has 80 valence electrons. The summed E-state index contributed by atoms with van der Waals surface area (Å²) < 4.78 is 0. The molecule has 1 heterocycles. The van der Waals surface area contributed by atoms with Crippen LogP contribution in [0, 0.1) is 12.3 Å². The molecular formula is C12H21NS. The van der Waals surface area contributed by atoms with Crippen molar-refractivity contribution in [2.45, 2.75) is 40.7 Å². The van der Waals surface area contributed by atoms with E-state index < -0.39 is 0 Å². The second-order valence-electron chi connectivity index (χ2n) is 4.81. The van der Waals surface area contributed by atoms with E-state index in [0.717, 1.165) is 6.54 Å². The topological polar surface area (TPSA) is 12.0 Å². The van der Waals surface area contributed by atoms with Crippen molar-refractivity contribution in [1.29, 1.82) is 0 Å². The molecule has 2 heteroatoms. The maximum Gasteiger partial charge on any atom is 0.0464 e. The molecule has 0 fully saturated rings. The van der Waals surface area contributed by atoms with Crippen LogP contribution in [0.4, 0.5) is 0 Å². The van der Waals surface area contributed by atoms with Crippen LogP contribution in [0.25, 0.3) is 0 Å². The highest BCUT2D eigenvalue weighted by atomic mass is 32.1. The zero-order valence-electron chi connectivity index (χ0n) is 9.85. The van der Waals surface area contributed by atoms with Crippen molar-refractivity contribution in [3.8, 4) is 0 Å². The quantitative estimate of drug-likeness (QED) is 0.803. The van der Waals surface area contributed by atoms with E-state index in [1.807, 2.05) is 11.3 Å². The van der Waals surface area contributed by atoms with Gasteiger partial charge >= 0.3 is 0 Å². The first kappa shape index (κ1) is 11.7. The van der Waals surface area contributed by atoms with E-state index in [1.165, 1.54) is 9.75 Å². The summed E-state index contributed by atoms with van der Waals surface area (Å²) in [7, 11) is 0. The zero-order valence-corrected chi connectivity index (χ0v) is 10.7. The second-order valence-corrected chi connectivity index (χ2v) is 6.12. The van der Waals surface area contributed by atoms with E-state index in [9.17, 15) is 0 Å². The lowest BCUT2D eigenvalue weighted by Gasteiger charge is -2.30. The van der Waals surface area contributed by atoms with Gasteiger partial charge in [-0.25, -0.2) is 0 Å². The van der Waals surface area contributed by atoms with Crippen molar-refractivity contribution in [1.82, 2.24) is 5.32 Å². The minimum Gasteiger partial charge on any atom is -0.309 e. The van der Waals surface area contributed by atoms with Crippen LogP contribution < -0.4 is 5.32 Å². The lowest BCUT2D eigenvalue weighted by Crippen LogP contribution is -2.31. The van der Waals surface area contributed by atoms with E-state index in [1.54, 1.807) is 0 Å². The van der Waals surface area contributed by atoms with Crippen LogP contribution in [-0.4, -0.2) is 6.54 Å². The molecule has 1 nitrogen and oxygen atoms in total. The van der Waals surface area contributed by atoms with Gasteiger partial charge in [0.15, 0.2) is 0 Å². The third kappa shape index (κ3) is 2.82. The van der Waals surface area contributed by atoms with Crippen LogP contribution >= 0.6 is 11.3 Å². The highest BCUT2D eigenvalue weighted by molar-refractivity contribution is 7.12. The number of rotatable bonds is 3. The van der Waals surface area contributed by atoms with Crippen molar-refractivity contribution in [3.63, 3.8) is 0 Å². The van der Waals surface area contributed by atoms with Crippen LogP contribution in [0.15, 0.2) is 12.1 Å². The summed E-state index contributed by atoms with van der Waals surface area (Å²) in [5, 5.41) is 3.56. The van der Waals surface area contributed by atoms with Gasteiger partial charge in [0.1, 0.15) is 0 Å². The van der Waals surface area contributed by atoms with Crippen molar-refractivity contribution in [3.05, 3.63) is 21.9 Å². The van der Waals surface area contributed by atoms with E-state index >= 15 is 0 Å². The number of thiophene rings is 1. The lowest BCUT2D eigenvalue weighted by atomic mass is 9.86. The Morgan fingerprint density at radius 1 is 1.36 bits per heavy atom. The van der Waals surface area contributed by atoms with E-state index in [4.69, 9.17) is 0 Å². The molecule has 0 aliphatic rings. The highest BCUT2D eigenvalue weighted by Crippen LogP contribution is 2.35. The van der Waals surface area contributed by atoms with E-state index in [0.29, 0.717) is 6.04 Å². The average Bonchev–Trinajstić information content (AvgIpc) is 2.45. The maximum atomic E-state index is 3.56. The van der Waals surface area contributed by atoms with Gasteiger partial charge in [0.05, 0.1) is 0 Å². The molecule has 0 radical (unpaired) electrons. The van der Waals surface area contributed by atoms with Crippen molar-refractivity contribution in [2.75, 3.05) is 6.54 Å². The molecule has 1 aromatic rings. The summed E-state index contributed by atoms with van der Waals surface area (Å²) in [6, 6.07) is 4.93. The maximum absolute atomic E-state index is 3.56. The van der Waals surface area contributed by atoms with Gasteiger partial charge in [-0.1, -0.05) is 27.7 Å². The van der Waals surface area contributed by atoms with Crippen molar-refractivity contribution in [2.24, 2.45) is 5.41 Å². The van der Waals surface area contributed by atoms with Crippen molar-refractivity contribution >= 4 is 11.3 Å². The molecule has 14 heavy (non-hydrogen) atoms. The first-order chi connectivity index (χ1) is 6.45. The fourth-order valence-electron chi connectivity index (χ4n) is 1.65. The van der Waals surface area contributed by atoms with Gasteiger partial charge in [0, 0.05) is 15.8 Å². The summed E-state index contributed by atoms with van der Waals surface area (Å²) >= 11 is 1.90. The Balaban J connectivity index is 2.88. The third-order valence-corrected chi connectivity index (χ3v) is 3.39. The molecule has 1 N–H and O–H groups in total. The zero-order chi connectivity index (χ0) is 10.8. The molecule has 0 bridgehead atoms. The second kappa shape index (κ2) is 4.45. The van der Waals surface area contributed by atoms with Gasteiger partial charge in [0.25, 0.3) is 0 Å². The Morgan fingerprint density at radius 2 is 2.00 bits per heavy atom. The molecular weight excluding hydrogens is 190 g/mol. The lowest BCUT2D eigenvalue weighted by molar-refractivity contribution is 0.281. The van der Waals surface area contributed by atoms with Crippen molar-refractivity contribution < 1.29 is 0 Å². The Bertz CT molecular complexity index is 283. The Labute approximate surface area is 91.5 Å². The predicted octanol–water partition coefficient (Wildman–Crippen LogP) is 3.75. The molecule has 0 spiro atoms. The first-order valence-electron chi connectivity index (χ1n) is 5.25. The Morgan fingerprint density at radius 3 is 2.36 bits per heavy atom. The van der Waals surface area contributed by atoms with E-state index in [-0.39, 0.29) is 5.41 Å². The molecule has 0 saturated carbocycles. The molecule has 1 unspecified atom stereocenters. The fourth-order valence-corrected chi connectivity index (χ4v) is 2.84. The van der Waals surface area contributed by atoms with Gasteiger partial charge in [-0.2, -0.15) is 0 Å². The predicted molar refractivity (Wildman–Crippen MR) is 64.9 cm³/mol. The average molecular weight is 211 g/mol. The first-order valence-corrected chi connectivity index (χ1v) is 6.06. The summed E-state index contributed by atoms with van der Waals surface area (Å²) in [6.07, 6.45) is 0. The number of nitrogens with one attached hydrogen (secondary N) is 1. The van der Waals surface area contributed by atoms with E-state index in [2.05, 4.69) is 52.1 Å². The Kier molecular flexibility index (Phi) is 3.73. The molecule has 0 aliphatic heterocycles. The summed E-state index contributed by atoms with van der Waals surface area (Å²) in [5.41, 5.74) is 0.285. The minimum atomic E-state index is 0.285. The molecule has 1 rings (SSSR count). The minimum absolute atomic E-state index is 0.285. The number of aryl methyl sites for hydroxylation is 1. The number of hydrogen-bond acceptors (Lipinski definition) is 2.